The lowest BCUT2D eigenvalue weighted by Crippen LogP contribution is -2.28. The van der Waals surface area contributed by atoms with Crippen molar-refractivity contribution in [2.45, 2.75) is 19.9 Å². The molecule has 9 nitrogen and oxygen atoms in total. The van der Waals surface area contributed by atoms with E-state index in [1.54, 1.807) is 21.8 Å². The molecule has 4 heterocycles. The molecular weight excluding hydrogens is 500 g/mol. The van der Waals surface area contributed by atoms with Crippen molar-refractivity contribution < 1.29 is 4.79 Å². The average molecular weight is 529 g/mol. The molecule has 2 aromatic carbocycles. The second kappa shape index (κ2) is 10.1. The number of nitrogen functional groups attached to an aromatic ring is 1. The predicted octanol–water partition coefficient (Wildman–Crippen LogP) is 4.51. The van der Waals surface area contributed by atoms with Crippen molar-refractivity contribution in [3.63, 3.8) is 0 Å². The molecule has 0 radical (unpaired) electrons. The number of aromatic nitrogens is 5. The van der Waals surface area contributed by atoms with Crippen molar-refractivity contribution in [3.05, 3.63) is 94.8 Å². The van der Waals surface area contributed by atoms with E-state index in [4.69, 9.17) is 10.7 Å². The maximum Gasteiger partial charge on any atom is 0.259 e. The third-order valence-electron chi connectivity index (χ3n) is 7.10. The van der Waals surface area contributed by atoms with Gasteiger partial charge in [-0.25, -0.2) is 9.67 Å². The quantitative estimate of drug-likeness (QED) is 0.296. The topological polar surface area (TPSA) is 116 Å². The molecule has 5 aromatic rings. The normalized spacial score (nSPS) is 12.8. The van der Waals surface area contributed by atoms with Gasteiger partial charge in [0.1, 0.15) is 11.4 Å². The number of rotatable bonds is 4. The number of hydrogen-bond donors (Lipinski definition) is 3. The van der Waals surface area contributed by atoms with Crippen LogP contribution in [0.3, 0.4) is 0 Å². The van der Waals surface area contributed by atoms with Gasteiger partial charge in [0.2, 0.25) is 0 Å². The molecule has 6 rings (SSSR count). The van der Waals surface area contributed by atoms with Crippen LogP contribution in [0.1, 0.15) is 45.7 Å². The summed E-state index contributed by atoms with van der Waals surface area (Å²) in [6.45, 7) is 4.54. The Morgan fingerprint density at radius 1 is 1.12 bits per heavy atom. The molecule has 0 saturated carbocycles. The summed E-state index contributed by atoms with van der Waals surface area (Å²) in [6.07, 6.45) is 5.47. The van der Waals surface area contributed by atoms with Gasteiger partial charge in [0.25, 0.3) is 5.91 Å². The molecule has 9 heteroatoms. The molecule has 198 valence electrons. The first-order valence-electron chi connectivity index (χ1n) is 13.0. The van der Waals surface area contributed by atoms with Crippen LogP contribution in [0.15, 0.2) is 66.9 Å². The smallest absolute Gasteiger partial charge is 0.259 e. The van der Waals surface area contributed by atoms with Gasteiger partial charge >= 0.3 is 0 Å². The number of nitrogens with one attached hydrogen (secondary N) is 2. The Balaban J connectivity index is 1.42. The highest BCUT2D eigenvalue weighted by molar-refractivity contribution is 6.04. The van der Waals surface area contributed by atoms with Crippen LogP contribution in [0.4, 0.5) is 11.6 Å². The summed E-state index contributed by atoms with van der Waals surface area (Å²) >= 11 is 0. The summed E-state index contributed by atoms with van der Waals surface area (Å²) in [7, 11) is 1.90. The fourth-order valence-corrected chi connectivity index (χ4v) is 4.84. The Kier molecular flexibility index (Phi) is 6.28. The minimum absolute atomic E-state index is 0.172. The van der Waals surface area contributed by atoms with Gasteiger partial charge in [-0.05, 0) is 32.1 Å². The summed E-state index contributed by atoms with van der Waals surface area (Å²) in [6, 6.07) is 17.6. The fourth-order valence-electron chi connectivity index (χ4n) is 4.84. The van der Waals surface area contributed by atoms with Gasteiger partial charge in [0.15, 0.2) is 5.82 Å². The fraction of sp³-hybridized carbons (Fsp3) is 0.161. The molecule has 1 amide bonds. The van der Waals surface area contributed by atoms with Gasteiger partial charge in [-0.3, -0.25) is 9.48 Å². The van der Waals surface area contributed by atoms with E-state index >= 15 is 0 Å². The number of pyridine rings is 1. The standard InChI is InChI=1S/C31H28N8O/c1-19(35-31(40)26-29(32)37-39-16-8-15-33-30(26)39)25-17-23-12-7-11-22(13-14-24-18-34-38(3)20(24)2)27(23)36-28(25)21-9-5-4-6-10-21/h4-12,16-19,33H,15H2,1-3H3,(H2,32,37)(H,35,40). The minimum Gasteiger partial charge on any atom is -0.381 e. The highest BCUT2D eigenvalue weighted by Gasteiger charge is 2.25. The van der Waals surface area contributed by atoms with E-state index in [-0.39, 0.29) is 17.8 Å². The van der Waals surface area contributed by atoms with Crippen LogP contribution in [-0.2, 0) is 7.05 Å². The molecule has 0 spiro atoms. The molecule has 1 atom stereocenters. The maximum absolute atomic E-state index is 13.4. The van der Waals surface area contributed by atoms with Crippen LogP contribution < -0.4 is 16.4 Å². The van der Waals surface area contributed by atoms with Crippen molar-refractivity contribution >= 4 is 34.6 Å². The highest BCUT2D eigenvalue weighted by atomic mass is 16.1. The predicted molar refractivity (Wildman–Crippen MR) is 157 cm³/mol. The first-order valence-corrected chi connectivity index (χ1v) is 13.0. The number of amides is 1. The van der Waals surface area contributed by atoms with Gasteiger partial charge in [-0.2, -0.15) is 5.10 Å². The van der Waals surface area contributed by atoms with Crippen molar-refractivity contribution in [1.29, 1.82) is 0 Å². The molecular formula is C31H28N8O. The van der Waals surface area contributed by atoms with E-state index < -0.39 is 0 Å². The monoisotopic (exact) mass is 528 g/mol. The Morgan fingerprint density at radius 3 is 2.70 bits per heavy atom. The number of anilines is 2. The zero-order valence-electron chi connectivity index (χ0n) is 22.4. The van der Waals surface area contributed by atoms with E-state index in [0.717, 1.165) is 44.5 Å². The molecule has 4 N–H and O–H groups in total. The van der Waals surface area contributed by atoms with Gasteiger partial charge in [-0.15, -0.1) is 5.10 Å². The van der Waals surface area contributed by atoms with Crippen molar-refractivity contribution in [3.8, 4) is 23.1 Å². The molecule has 0 bridgehead atoms. The number of carbonyl (C=O) groups is 1. The third kappa shape index (κ3) is 4.46. The average Bonchev–Trinajstić information content (AvgIpc) is 3.48. The van der Waals surface area contributed by atoms with Gasteiger partial charge in [-0.1, -0.05) is 54.3 Å². The number of carbonyl (C=O) groups excluding carboxylic acids is 1. The number of para-hydroxylation sites is 1. The second-order valence-electron chi connectivity index (χ2n) is 9.70. The molecule has 0 aliphatic carbocycles. The van der Waals surface area contributed by atoms with E-state index in [0.29, 0.717) is 17.9 Å². The number of benzene rings is 2. The first-order chi connectivity index (χ1) is 19.4. The van der Waals surface area contributed by atoms with Crippen molar-refractivity contribution in [2.24, 2.45) is 7.05 Å². The molecule has 1 aliphatic rings. The molecule has 3 aromatic heterocycles. The van der Waals surface area contributed by atoms with Crippen LogP contribution in [-0.4, -0.2) is 37.0 Å². The van der Waals surface area contributed by atoms with Gasteiger partial charge in [0, 0.05) is 36.3 Å². The maximum atomic E-state index is 13.4. The van der Waals surface area contributed by atoms with Crippen LogP contribution in [0, 0.1) is 18.8 Å². The number of fused-ring (bicyclic) bond motifs is 2. The number of nitrogens with zero attached hydrogens (tertiary/aromatic N) is 5. The zero-order valence-corrected chi connectivity index (χ0v) is 22.4. The number of nitrogens with two attached hydrogens (primary N) is 1. The molecule has 1 unspecified atom stereocenters. The van der Waals surface area contributed by atoms with E-state index in [2.05, 4.69) is 38.7 Å². The third-order valence-corrected chi connectivity index (χ3v) is 7.10. The summed E-state index contributed by atoms with van der Waals surface area (Å²) in [5.41, 5.74) is 12.6. The lowest BCUT2D eigenvalue weighted by molar-refractivity contribution is 0.0941. The molecule has 40 heavy (non-hydrogen) atoms. The van der Waals surface area contributed by atoms with E-state index in [9.17, 15) is 4.79 Å². The van der Waals surface area contributed by atoms with Crippen molar-refractivity contribution in [2.75, 3.05) is 17.6 Å². The zero-order chi connectivity index (χ0) is 27.8. The molecule has 1 aliphatic heterocycles. The molecule has 0 fully saturated rings. The lowest BCUT2D eigenvalue weighted by atomic mass is 9.97. The minimum atomic E-state index is -0.374. The number of hydrogen-bond acceptors (Lipinski definition) is 6. The van der Waals surface area contributed by atoms with Crippen LogP contribution in [0.2, 0.25) is 0 Å². The largest absolute Gasteiger partial charge is 0.381 e. The van der Waals surface area contributed by atoms with E-state index in [1.165, 1.54) is 0 Å². The Labute approximate surface area is 231 Å². The summed E-state index contributed by atoms with van der Waals surface area (Å²) in [5, 5.41) is 15.8. The van der Waals surface area contributed by atoms with Crippen LogP contribution in [0.25, 0.3) is 28.4 Å². The lowest BCUT2D eigenvalue weighted by Gasteiger charge is -2.20. The van der Waals surface area contributed by atoms with Crippen LogP contribution >= 0.6 is 0 Å². The van der Waals surface area contributed by atoms with Crippen molar-refractivity contribution in [1.82, 2.24) is 29.9 Å². The second-order valence-corrected chi connectivity index (χ2v) is 9.70. The summed E-state index contributed by atoms with van der Waals surface area (Å²) in [5.74, 6) is 7.00. The van der Waals surface area contributed by atoms with Gasteiger partial charge < -0.3 is 16.4 Å². The summed E-state index contributed by atoms with van der Waals surface area (Å²) < 4.78 is 3.39. The Morgan fingerprint density at radius 2 is 1.93 bits per heavy atom. The van der Waals surface area contributed by atoms with Crippen LogP contribution in [0.5, 0.6) is 0 Å². The highest BCUT2D eigenvalue weighted by Crippen LogP contribution is 2.32. The number of aryl methyl sites for hydroxylation is 1. The van der Waals surface area contributed by atoms with Gasteiger partial charge in [0.05, 0.1) is 40.3 Å². The molecule has 0 saturated heterocycles. The Bertz CT molecular complexity index is 1850. The van der Waals surface area contributed by atoms with E-state index in [1.807, 2.05) is 75.5 Å². The SMILES string of the molecule is Cc1c(C#Cc2cccc3cc(C(C)NC(=O)c4c(N)nn5c4NCC=C5)c(-c4ccccc4)nc23)cnn1C. The Hall–Kier alpha value is -5.36. The summed E-state index contributed by atoms with van der Waals surface area (Å²) in [4.78, 5) is 18.6. The first kappa shape index (κ1) is 24.9.